The molecule has 31 heavy (non-hydrogen) atoms. The maximum atomic E-state index is 5.70. The predicted octanol–water partition coefficient (Wildman–Crippen LogP) is 2.97. The van der Waals surface area contributed by atoms with Crippen molar-refractivity contribution in [1.29, 1.82) is 0 Å². The van der Waals surface area contributed by atoms with E-state index in [1.54, 1.807) is 0 Å². The average Bonchev–Trinajstić information content (AvgIpc) is 3.41. The molecule has 3 N–H and O–H groups in total. The number of piperidine rings is 1. The van der Waals surface area contributed by atoms with Crippen molar-refractivity contribution in [1.82, 2.24) is 24.6 Å². The molecule has 1 fully saturated rings. The van der Waals surface area contributed by atoms with Gasteiger partial charge in [-0.2, -0.15) is 4.98 Å². The summed E-state index contributed by atoms with van der Waals surface area (Å²) in [6.07, 6.45) is 2.15. The maximum Gasteiger partial charge on any atom is 0.257 e. The van der Waals surface area contributed by atoms with E-state index in [2.05, 4.69) is 31.0 Å². The first-order chi connectivity index (χ1) is 15.3. The number of hydrogen-bond acceptors (Lipinski definition) is 7. The largest absolute Gasteiger partial charge is 0.353 e. The molecular formula is C23H27N7O. The maximum absolute atomic E-state index is 5.70. The van der Waals surface area contributed by atoms with E-state index < -0.39 is 0 Å². The van der Waals surface area contributed by atoms with Crippen molar-refractivity contribution in [3.8, 4) is 11.5 Å². The fourth-order valence-corrected chi connectivity index (χ4v) is 4.17. The molecular weight excluding hydrogens is 390 g/mol. The van der Waals surface area contributed by atoms with Gasteiger partial charge in [-0.3, -0.25) is 0 Å². The number of fused-ring (bicyclic) bond motifs is 1. The van der Waals surface area contributed by atoms with Gasteiger partial charge < -0.3 is 25.0 Å². The number of aromatic nitrogens is 4. The van der Waals surface area contributed by atoms with E-state index in [1.165, 1.54) is 0 Å². The quantitative estimate of drug-likeness (QED) is 0.477. The Balaban J connectivity index is 1.38. The standard InChI is InChI=1S/C23H27N7O/c24-12-15-29-13-10-18(11-14-29)25-23-26-19-8-4-5-9-20(19)30(23)16-21-27-22(31-28-21)17-6-2-1-3-7-17/h1-9,18H,10-16,24H2,(H,25,26). The number of para-hydroxylation sites is 2. The van der Waals surface area contributed by atoms with Crippen LogP contribution in [0.1, 0.15) is 18.7 Å². The van der Waals surface area contributed by atoms with Crippen LogP contribution in [0.4, 0.5) is 5.95 Å². The van der Waals surface area contributed by atoms with Gasteiger partial charge in [-0.15, -0.1) is 0 Å². The molecule has 5 rings (SSSR count). The van der Waals surface area contributed by atoms with Crippen molar-refractivity contribution in [2.24, 2.45) is 5.73 Å². The molecule has 0 saturated carbocycles. The van der Waals surface area contributed by atoms with E-state index in [0.717, 1.165) is 55.0 Å². The van der Waals surface area contributed by atoms with E-state index in [4.69, 9.17) is 15.2 Å². The number of hydrogen-bond donors (Lipinski definition) is 2. The number of nitrogens with zero attached hydrogens (tertiary/aromatic N) is 5. The van der Waals surface area contributed by atoms with Crippen LogP contribution in [0.3, 0.4) is 0 Å². The summed E-state index contributed by atoms with van der Waals surface area (Å²) in [5, 5.41) is 7.88. The second kappa shape index (κ2) is 8.87. The number of rotatable bonds is 7. The minimum atomic E-state index is 0.384. The summed E-state index contributed by atoms with van der Waals surface area (Å²) in [6, 6.07) is 18.4. The van der Waals surface area contributed by atoms with Crippen molar-refractivity contribution < 1.29 is 4.52 Å². The molecule has 1 aliphatic rings. The van der Waals surface area contributed by atoms with Crippen LogP contribution in [-0.2, 0) is 6.54 Å². The molecule has 0 radical (unpaired) electrons. The van der Waals surface area contributed by atoms with Gasteiger partial charge >= 0.3 is 0 Å². The highest BCUT2D eigenvalue weighted by molar-refractivity contribution is 5.78. The third-order valence-electron chi connectivity index (χ3n) is 5.81. The zero-order valence-corrected chi connectivity index (χ0v) is 17.4. The number of imidazole rings is 1. The van der Waals surface area contributed by atoms with Crippen molar-refractivity contribution in [3.05, 3.63) is 60.4 Å². The summed E-state index contributed by atoms with van der Waals surface area (Å²) in [6.45, 7) is 4.28. The molecule has 0 spiro atoms. The summed E-state index contributed by atoms with van der Waals surface area (Å²) in [5.74, 6) is 2.01. The van der Waals surface area contributed by atoms with Crippen LogP contribution >= 0.6 is 0 Å². The number of nitrogens with one attached hydrogen (secondary N) is 1. The Kier molecular flexibility index (Phi) is 5.64. The first-order valence-corrected chi connectivity index (χ1v) is 10.8. The minimum absolute atomic E-state index is 0.384. The summed E-state index contributed by atoms with van der Waals surface area (Å²) in [4.78, 5) is 11.9. The van der Waals surface area contributed by atoms with Crippen LogP contribution in [0.15, 0.2) is 59.1 Å². The number of benzene rings is 2. The molecule has 0 aliphatic carbocycles. The number of anilines is 1. The van der Waals surface area contributed by atoms with Gasteiger partial charge in [0.25, 0.3) is 5.89 Å². The lowest BCUT2D eigenvalue weighted by molar-refractivity contribution is 0.224. The fraction of sp³-hybridized carbons (Fsp3) is 0.348. The smallest absolute Gasteiger partial charge is 0.257 e. The highest BCUT2D eigenvalue weighted by Gasteiger charge is 2.21. The molecule has 0 unspecified atom stereocenters. The molecule has 8 nitrogen and oxygen atoms in total. The Bertz CT molecular complexity index is 1130. The zero-order valence-electron chi connectivity index (χ0n) is 17.4. The molecule has 0 atom stereocenters. The first-order valence-electron chi connectivity index (χ1n) is 10.8. The Hall–Kier alpha value is -3.23. The van der Waals surface area contributed by atoms with Crippen LogP contribution in [0, 0.1) is 0 Å². The number of nitrogens with two attached hydrogens (primary N) is 1. The molecule has 160 valence electrons. The Morgan fingerprint density at radius 2 is 1.77 bits per heavy atom. The molecule has 1 saturated heterocycles. The Morgan fingerprint density at radius 1 is 1.00 bits per heavy atom. The van der Waals surface area contributed by atoms with Crippen molar-refractivity contribution in [2.75, 3.05) is 31.5 Å². The summed E-state index contributed by atoms with van der Waals surface area (Å²) < 4.78 is 7.65. The molecule has 1 aliphatic heterocycles. The normalized spacial score (nSPS) is 15.5. The fourth-order valence-electron chi connectivity index (χ4n) is 4.17. The van der Waals surface area contributed by atoms with Crippen LogP contribution in [-0.4, -0.2) is 56.8 Å². The lowest BCUT2D eigenvalue weighted by Crippen LogP contribution is -2.41. The number of likely N-dealkylation sites (tertiary alicyclic amines) is 1. The molecule has 0 amide bonds. The van der Waals surface area contributed by atoms with E-state index in [1.807, 2.05) is 48.5 Å². The second-order valence-electron chi connectivity index (χ2n) is 7.94. The van der Waals surface area contributed by atoms with E-state index in [-0.39, 0.29) is 0 Å². The van der Waals surface area contributed by atoms with E-state index in [0.29, 0.717) is 30.8 Å². The molecule has 0 bridgehead atoms. The lowest BCUT2D eigenvalue weighted by Gasteiger charge is -2.32. The van der Waals surface area contributed by atoms with Crippen molar-refractivity contribution in [2.45, 2.75) is 25.4 Å². The van der Waals surface area contributed by atoms with Gasteiger partial charge in [-0.25, -0.2) is 4.98 Å². The SMILES string of the molecule is NCCN1CCC(Nc2nc3ccccc3n2Cc2noc(-c3ccccc3)n2)CC1. The monoisotopic (exact) mass is 417 g/mol. The topological polar surface area (TPSA) is 98.0 Å². The van der Waals surface area contributed by atoms with Gasteiger partial charge in [-0.05, 0) is 37.1 Å². The second-order valence-corrected chi connectivity index (χ2v) is 7.94. The van der Waals surface area contributed by atoms with Crippen LogP contribution in [0.25, 0.3) is 22.5 Å². The third kappa shape index (κ3) is 4.30. The summed E-state index contributed by atoms with van der Waals surface area (Å²) in [5.41, 5.74) is 8.63. The van der Waals surface area contributed by atoms with Gasteiger partial charge in [0.05, 0.1) is 17.6 Å². The van der Waals surface area contributed by atoms with Crippen molar-refractivity contribution in [3.63, 3.8) is 0 Å². The minimum Gasteiger partial charge on any atom is -0.353 e. The molecule has 4 aromatic rings. The van der Waals surface area contributed by atoms with Gasteiger partial charge in [0.2, 0.25) is 5.95 Å². The molecule has 3 heterocycles. The molecule has 8 heteroatoms. The Morgan fingerprint density at radius 3 is 2.58 bits per heavy atom. The average molecular weight is 418 g/mol. The predicted molar refractivity (Wildman–Crippen MR) is 121 cm³/mol. The van der Waals surface area contributed by atoms with Gasteiger partial charge in [-0.1, -0.05) is 35.5 Å². The highest BCUT2D eigenvalue weighted by atomic mass is 16.5. The Labute approximate surface area is 181 Å². The van der Waals surface area contributed by atoms with E-state index in [9.17, 15) is 0 Å². The lowest BCUT2D eigenvalue weighted by atomic mass is 10.1. The van der Waals surface area contributed by atoms with Crippen molar-refractivity contribution >= 4 is 17.0 Å². The van der Waals surface area contributed by atoms with Gasteiger partial charge in [0.1, 0.15) is 0 Å². The van der Waals surface area contributed by atoms with E-state index >= 15 is 0 Å². The highest BCUT2D eigenvalue weighted by Crippen LogP contribution is 2.24. The third-order valence-corrected chi connectivity index (χ3v) is 5.81. The summed E-state index contributed by atoms with van der Waals surface area (Å²) >= 11 is 0. The molecule has 2 aromatic carbocycles. The zero-order chi connectivity index (χ0) is 21.0. The van der Waals surface area contributed by atoms with Gasteiger partial charge in [0.15, 0.2) is 5.82 Å². The van der Waals surface area contributed by atoms with Crippen LogP contribution in [0.2, 0.25) is 0 Å². The van der Waals surface area contributed by atoms with Crippen LogP contribution < -0.4 is 11.1 Å². The van der Waals surface area contributed by atoms with Gasteiger partial charge in [0, 0.05) is 37.8 Å². The molecule has 2 aromatic heterocycles. The van der Waals surface area contributed by atoms with Crippen LogP contribution in [0.5, 0.6) is 0 Å². The summed E-state index contributed by atoms with van der Waals surface area (Å²) in [7, 11) is 0. The first kappa shape index (κ1) is 19.7.